The second kappa shape index (κ2) is 7.90. The van der Waals surface area contributed by atoms with Crippen LogP contribution in [0.4, 0.5) is 5.69 Å². The van der Waals surface area contributed by atoms with Crippen molar-refractivity contribution in [1.29, 1.82) is 0 Å². The molecule has 1 aromatic rings. The molecule has 1 fully saturated rings. The Balaban J connectivity index is 1.76. The third-order valence-electron chi connectivity index (χ3n) is 5.49. The summed E-state index contributed by atoms with van der Waals surface area (Å²) in [5.41, 5.74) is 3.03. The predicted octanol–water partition coefficient (Wildman–Crippen LogP) is 3.63. The molecule has 3 rings (SSSR count). The standard InChI is InChI=1S/C20H27ClN2O2/c1-14-11-19(15(2)23(14)17-8-6-16(21)7-9-17)20(25)12-22-10-4-3-5-18(22)13-24/h6-9,14,18,24H,3-5,10-13H2,1-2H3. The van der Waals surface area contributed by atoms with Crippen LogP contribution < -0.4 is 4.90 Å². The van der Waals surface area contributed by atoms with Gasteiger partial charge in [0.15, 0.2) is 5.78 Å². The zero-order valence-electron chi connectivity index (χ0n) is 15.0. The van der Waals surface area contributed by atoms with Crippen LogP contribution in [0.1, 0.15) is 39.5 Å². The summed E-state index contributed by atoms with van der Waals surface area (Å²) in [5, 5.41) is 10.3. The van der Waals surface area contributed by atoms with Crippen LogP contribution in [0.2, 0.25) is 5.02 Å². The highest BCUT2D eigenvalue weighted by atomic mass is 35.5. The highest BCUT2D eigenvalue weighted by molar-refractivity contribution is 6.30. The molecule has 0 amide bonds. The van der Waals surface area contributed by atoms with Gasteiger partial charge in [0, 0.05) is 34.1 Å². The number of piperidine rings is 1. The minimum absolute atomic E-state index is 0.129. The van der Waals surface area contributed by atoms with E-state index in [4.69, 9.17) is 11.6 Å². The number of allylic oxidation sites excluding steroid dienone is 1. The van der Waals surface area contributed by atoms with Crippen molar-refractivity contribution in [3.05, 3.63) is 40.6 Å². The van der Waals surface area contributed by atoms with Gasteiger partial charge in [-0.3, -0.25) is 9.69 Å². The molecule has 2 atom stereocenters. The molecule has 0 spiro atoms. The SMILES string of the molecule is CC1=C(C(=O)CN2CCCCC2CO)CC(C)N1c1ccc(Cl)cc1. The molecule has 136 valence electrons. The lowest BCUT2D eigenvalue weighted by atomic mass is 10.00. The Kier molecular flexibility index (Phi) is 5.82. The number of aliphatic hydroxyl groups excluding tert-OH is 1. The van der Waals surface area contributed by atoms with Crippen LogP contribution in [-0.4, -0.2) is 47.6 Å². The van der Waals surface area contributed by atoms with E-state index >= 15 is 0 Å². The summed E-state index contributed by atoms with van der Waals surface area (Å²) in [6.07, 6.45) is 3.99. The molecule has 0 radical (unpaired) electrons. The van der Waals surface area contributed by atoms with E-state index in [0.717, 1.165) is 49.2 Å². The molecule has 0 aliphatic carbocycles. The van der Waals surface area contributed by atoms with Gasteiger partial charge in [-0.05, 0) is 63.9 Å². The van der Waals surface area contributed by atoms with Gasteiger partial charge in [-0.1, -0.05) is 18.0 Å². The van der Waals surface area contributed by atoms with Crippen molar-refractivity contribution in [2.45, 2.75) is 51.6 Å². The topological polar surface area (TPSA) is 43.8 Å². The zero-order chi connectivity index (χ0) is 18.0. The number of Topliss-reactive ketones (excluding diaryl/α,β-unsaturated/α-hetero) is 1. The summed E-state index contributed by atoms with van der Waals surface area (Å²) in [6.45, 7) is 5.64. The minimum atomic E-state index is 0.129. The molecule has 0 aromatic heterocycles. The maximum atomic E-state index is 12.9. The number of carbonyl (C=O) groups is 1. The number of ketones is 1. The Morgan fingerprint density at radius 1 is 1.28 bits per heavy atom. The molecular formula is C20H27ClN2O2. The van der Waals surface area contributed by atoms with E-state index in [9.17, 15) is 9.90 Å². The van der Waals surface area contributed by atoms with E-state index in [1.165, 1.54) is 0 Å². The van der Waals surface area contributed by atoms with Crippen LogP contribution in [0.5, 0.6) is 0 Å². The zero-order valence-corrected chi connectivity index (χ0v) is 15.8. The lowest BCUT2D eigenvalue weighted by molar-refractivity contribution is -0.118. The molecule has 5 heteroatoms. The molecule has 1 aromatic carbocycles. The molecule has 1 saturated heterocycles. The van der Waals surface area contributed by atoms with Crippen LogP contribution in [0.3, 0.4) is 0 Å². The Morgan fingerprint density at radius 3 is 2.68 bits per heavy atom. The monoisotopic (exact) mass is 362 g/mol. The number of rotatable bonds is 5. The van der Waals surface area contributed by atoms with E-state index in [-0.39, 0.29) is 24.5 Å². The highest BCUT2D eigenvalue weighted by Gasteiger charge is 2.32. The molecule has 2 aliphatic rings. The molecule has 2 aliphatic heterocycles. The Bertz CT molecular complexity index is 656. The summed E-state index contributed by atoms with van der Waals surface area (Å²) in [7, 11) is 0. The van der Waals surface area contributed by atoms with E-state index < -0.39 is 0 Å². The summed E-state index contributed by atoms with van der Waals surface area (Å²) in [4.78, 5) is 17.3. The van der Waals surface area contributed by atoms with Gasteiger partial charge in [-0.2, -0.15) is 0 Å². The van der Waals surface area contributed by atoms with Crippen LogP contribution in [-0.2, 0) is 4.79 Å². The van der Waals surface area contributed by atoms with Crippen LogP contribution in [0.25, 0.3) is 0 Å². The molecule has 0 bridgehead atoms. The van der Waals surface area contributed by atoms with Gasteiger partial charge < -0.3 is 10.0 Å². The van der Waals surface area contributed by atoms with Crippen molar-refractivity contribution in [2.24, 2.45) is 0 Å². The van der Waals surface area contributed by atoms with Crippen LogP contribution >= 0.6 is 11.6 Å². The van der Waals surface area contributed by atoms with E-state index in [1.807, 2.05) is 31.2 Å². The number of aliphatic hydroxyl groups is 1. The third-order valence-corrected chi connectivity index (χ3v) is 5.74. The predicted molar refractivity (Wildman–Crippen MR) is 102 cm³/mol. The lowest BCUT2D eigenvalue weighted by Crippen LogP contribution is -2.44. The number of halogens is 1. The molecule has 0 saturated carbocycles. The van der Waals surface area contributed by atoms with E-state index in [2.05, 4.69) is 16.7 Å². The summed E-state index contributed by atoms with van der Waals surface area (Å²) < 4.78 is 0. The van der Waals surface area contributed by atoms with E-state index in [0.29, 0.717) is 11.6 Å². The number of carbonyl (C=O) groups excluding carboxylic acids is 1. The fourth-order valence-electron chi connectivity index (χ4n) is 4.13. The van der Waals surface area contributed by atoms with Gasteiger partial charge in [0.25, 0.3) is 0 Å². The van der Waals surface area contributed by atoms with Crippen LogP contribution in [0.15, 0.2) is 35.5 Å². The Labute approximate surface area is 155 Å². The van der Waals surface area contributed by atoms with Crippen LogP contribution in [0, 0.1) is 0 Å². The first-order valence-corrected chi connectivity index (χ1v) is 9.51. The van der Waals surface area contributed by atoms with Crippen molar-refractivity contribution in [3.63, 3.8) is 0 Å². The van der Waals surface area contributed by atoms with Crippen molar-refractivity contribution in [3.8, 4) is 0 Å². The average molecular weight is 363 g/mol. The maximum Gasteiger partial charge on any atom is 0.174 e. The molecular weight excluding hydrogens is 336 g/mol. The fraction of sp³-hybridized carbons (Fsp3) is 0.550. The number of anilines is 1. The first-order valence-electron chi connectivity index (χ1n) is 9.14. The fourth-order valence-corrected chi connectivity index (χ4v) is 4.26. The van der Waals surface area contributed by atoms with Gasteiger partial charge in [0.2, 0.25) is 0 Å². The number of nitrogens with zero attached hydrogens (tertiary/aromatic N) is 2. The largest absolute Gasteiger partial charge is 0.395 e. The smallest absolute Gasteiger partial charge is 0.174 e. The van der Waals surface area contributed by atoms with Gasteiger partial charge in [-0.15, -0.1) is 0 Å². The first kappa shape index (κ1) is 18.4. The lowest BCUT2D eigenvalue weighted by Gasteiger charge is -2.34. The molecule has 25 heavy (non-hydrogen) atoms. The summed E-state index contributed by atoms with van der Waals surface area (Å²) >= 11 is 6.00. The Morgan fingerprint density at radius 2 is 2.00 bits per heavy atom. The molecule has 1 N–H and O–H groups in total. The van der Waals surface area contributed by atoms with Crippen molar-refractivity contribution in [2.75, 3.05) is 24.6 Å². The second-order valence-electron chi connectivity index (χ2n) is 7.19. The highest BCUT2D eigenvalue weighted by Crippen LogP contribution is 2.34. The number of likely N-dealkylation sites (tertiary alicyclic amines) is 1. The van der Waals surface area contributed by atoms with Crippen molar-refractivity contribution >= 4 is 23.1 Å². The number of benzene rings is 1. The second-order valence-corrected chi connectivity index (χ2v) is 7.63. The first-order chi connectivity index (χ1) is 12.0. The van der Waals surface area contributed by atoms with Crippen molar-refractivity contribution in [1.82, 2.24) is 4.90 Å². The number of hydrogen-bond acceptors (Lipinski definition) is 4. The third kappa shape index (κ3) is 3.91. The normalized spacial score (nSPS) is 24.9. The maximum absolute atomic E-state index is 12.9. The molecule has 2 unspecified atom stereocenters. The van der Waals surface area contributed by atoms with Gasteiger partial charge >= 0.3 is 0 Å². The van der Waals surface area contributed by atoms with Gasteiger partial charge in [0.1, 0.15) is 0 Å². The quantitative estimate of drug-likeness (QED) is 0.868. The number of hydrogen-bond donors (Lipinski definition) is 1. The van der Waals surface area contributed by atoms with Gasteiger partial charge in [-0.25, -0.2) is 0 Å². The summed E-state index contributed by atoms with van der Waals surface area (Å²) in [6, 6.07) is 8.16. The average Bonchev–Trinajstić information content (AvgIpc) is 2.91. The van der Waals surface area contributed by atoms with Gasteiger partial charge in [0.05, 0.1) is 13.2 Å². The molecule has 4 nitrogen and oxygen atoms in total. The van der Waals surface area contributed by atoms with Crippen molar-refractivity contribution < 1.29 is 9.90 Å². The molecule has 2 heterocycles. The van der Waals surface area contributed by atoms with E-state index in [1.54, 1.807) is 0 Å². The minimum Gasteiger partial charge on any atom is -0.395 e. The summed E-state index contributed by atoms with van der Waals surface area (Å²) in [5.74, 6) is 0.196. The Hall–Kier alpha value is -1.36.